The Morgan fingerprint density at radius 1 is 0.970 bits per heavy atom. The van der Waals surface area contributed by atoms with Crippen molar-refractivity contribution in [1.29, 1.82) is 0 Å². The number of aromatic nitrogens is 1. The lowest BCUT2D eigenvalue weighted by atomic mass is 10.1. The first kappa shape index (κ1) is 22.6. The summed E-state index contributed by atoms with van der Waals surface area (Å²) in [5.41, 5.74) is 2.48. The van der Waals surface area contributed by atoms with Gasteiger partial charge >= 0.3 is 5.97 Å². The maximum Gasteiger partial charge on any atom is 0.335 e. The van der Waals surface area contributed by atoms with Crippen molar-refractivity contribution in [2.24, 2.45) is 0 Å². The van der Waals surface area contributed by atoms with Gasteiger partial charge in [0.1, 0.15) is 16.4 Å². The number of hydrogen-bond acceptors (Lipinski definition) is 6. The molecule has 1 N–H and O–H groups in total. The first-order valence-corrected chi connectivity index (χ1v) is 12.2. The Kier molecular flexibility index (Phi) is 6.22. The van der Waals surface area contributed by atoms with Gasteiger partial charge in [0, 0.05) is 28.6 Å². The molecule has 0 amide bonds. The minimum Gasteiger partial charge on any atom is -0.478 e. The standard InChI is InChI=1S/C25H19NO5S2/c1-33(29,30)24-14-18(25(27)28)9-13-22(24)31-20-11-7-17(8-12-20)23(32)15-19-10-6-16-4-2-3-5-21(16)26-19/h2-14H,15H2,1H3,(H,27,28). The van der Waals surface area contributed by atoms with E-state index in [9.17, 15) is 13.2 Å². The summed E-state index contributed by atoms with van der Waals surface area (Å²) in [5.74, 6) is -0.762. The number of sulfone groups is 1. The van der Waals surface area contributed by atoms with E-state index in [2.05, 4.69) is 4.98 Å². The van der Waals surface area contributed by atoms with Gasteiger partial charge in [0.05, 0.1) is 11.1 Å². The summed E-state index contributed by atoms with van der Waals surface area (Å²) in [6.07, 6.45) is 1.51. The number of nitrogens with zero attached hydrogens (tertiary/aromatic N) is 1. The first-order valence-electron chi connectivity index (χ1n) is 9.94. The van der Waals surface area contributed by atoms with Gasteiger partial charge < -0.3 is 9.84 Å². The molecule has 0 aliphatic carbocycles. The number of thiocarbonyl (C=S) groups is 1. The van der Waals surface area contributed by atoms with E-state index < -0.39 is 15.8 Å². The summed E-state index contributed by atoms with van der Waals surface area (Å²) in [6, 6.07) is 22.6. The third-order valence-corrected chi connectivity index (χ3v) is 6.49. The highest BCUT2D eigenvalue weighted by Crippen LogP contribution is 2.30. The zero-order valence-corrected chi connectivity index (χ0v) is 19.2. The maximum atomic E-state index is 12.1. The Labute approximate surface area is 196 Å². The van der Waals surface area contributed by atoms with E-state index in [4.69, 9.17) is 22.1 Å². The minimum atomic E-state index is -3.70. The van der Waals surface area contributed by atoms with Gasteiger partial charge in [-0.3, -0.25) is 4.98 Å². The maximum absolute atomic E-state index is 12.1. The van der Waals surface area contributed by atoms with Crippen molar-refractivity contribution in [3.05, 3.63) is 95.7 Å². The third kappa shape index (κ3) is 5.24. The molecule has 0 unspecified atom stereocenters. The molecule has 6 nitrogen and oxygen atoms in total. The molecule has 0 fully saturated rings. The number of carbonyl (C=O) groups is 1. The number of carboxylic acids is 1. The quantitative estimate of drug-likeness (QED) is 0.293. The Morgan fingerprint density at radius 2 is 1.67 bits per heavy atom. The van der Waals surface area contributed by atoms with Crippen LogP contribution in [0.25, 0.3) is 10.9 Å². The number of hydrogen-bond donors (Lipinski definition) is 1. The van der Waals surface area contributed by atoms with E-state index in [-0.39, 0.29) is 16.2 Å². The summed E-state index contributed by atoms with van der Waals surface area (Å²) in [6.45, 7) is 0. The monoisotopic (exact) mass is 477 g/mol. The van der Waals surface area contributed by atoms with E-state index >= 15 is 0 Å². The fraction of sp³-hybridized carbons (Fsp3) is 0.0800. The van der Waals surface area contributed by atoms with Crippen LogP contribution in [0.1, 0.15) is 21.6 Å². The second-order valence-corrected chi connectivity index (χ2v) is 9.94. The molecule has 0 saturated carbocycles. The number of benzene rings is 3. The molecule has 1 heterocycles. The lowest BCUT2D eigenvalue weighted by Crippen LogP contribution is -2.05. The molecule has 0 aliphatic rings. The molecule has 0 atom stereocenters. The normalized spacial score (nSPS) is 11.3. The number of carboxylic acid groups (broad SMARTS) is 1. The molecule has 0 bridgehead atoms. The zero-order chi connectivity index (χ0) is 23.6. The second-order valence-electron chi connectivity index (χ2n) is 7.46. The van der Waals surface area contributed by atoms with Crippen molar-refractivity contribution in [3.8, 4) is 11.5 Å². The molecule has 0 spiro atoms. The number of aromatic carboxylic acids is 1. The van der Waals surface area contributed by atoms with Gasteiger partial charge in [-0.1, -0.05) is 48.6 Å². The van der Waals surface area contributed by atoms with Crippen LogP contribution in [0.2, 0.25) is 0 Å². The number of rotatable bonds is 7. The van der Waals surface area contributed by atoms with Crippen molar-refractivity contribution in [3.63, 3.8) is 0 Å². The fourth-order valence-corrected chi connectivity index (χ4v) is 4.42. The highest BCUT2D eigenvalue weighted by atomic mass is 32.2. The highest BCUT2D eigenvalue weighted by Gasteiger charge is 2.18. The molecule has 0 aliphatic heterocycles. The van der Waals surface area contributed by atoms with E-state index in [1.165, 1.54) is 12.1 Å². The van der Waals surface area contributed by atoms with Gasteiger partial charge in [-0.05, 0) is 48.0 Å². The molecule has 0 radical (unpaired) electrons. The summed E-state index contributed by atoms with van der Waals surface area (Å²) in [5, 5.41) is 10.2. The van der Waals surface area contributed by atoms with E-state index in [0.717, 1.165) is 34.5 Å². The van der Waals surface area contributed by atoms with Crippen LogP contribution in [0.4, 0.5) is 0 Å². The van der Waals surface area contributed by atoms with Gasteiger partial charge in [-0.2, -0.15) is 0 Å². The number of ether oxygens (including phenoxy) is 1. The van der Waals surface area contributed by atoms with Crippen LogP contribution in [0.15, 0.2) is 83.8 Å². The molecule has 33 heavy (non-hydrogen) atoms. The number of para-hydroxylation sites is 1. The summed E-state index contributed by atoms with van der Waals surface area (Å²) < 4.78 is 30.0. The molecule has 8 heteroatoms. The molecule has 4 rings (SSSR count). The van der Waals surface area contributed by atoms with Crippen LogP contribution in [-0.2, 0) is 16.3 Å². The Morgan fingerprint density at radius 3 is 2.36 bits per heavy atom. The lowest BCUT2D eigenvalue weighted by Gasteiger charge is -2.12. The zero-order valence-electron chi connectivity index (χ0n) is 17.6. The molecule has 0 saturated heterocycles. The average molecular weight is 478 g/mol. The van der Waals surface area contributed by atoms with Crippen molar-refractivity contribution in [2.75, 3.05) is 6.26 Å². The highest BCUT2D eigenvalue weighted by molar-refractivity contribution is 7.90. The summed E-state index contributed by atoms with van der Waals surface area (Å²) in [4.78, 5) is 16.4. The minimum absolute atomic E-state index is 0.0539. The molecule has 3 aromatic carbocycles. The number of pyridine rings is 1. The molecule has 166 valence electrons. The average Bonchev–Trinajstić information content (AvgIpc) is 2.79. The Balaban J connectivity index is 1.52. The Bertz CT molecular complexity index is 1480. The van der Waals surface area contributed by atoms with E-state index in [1.54, 1.807) is 24.3 Å². The van der Waals surface area contributed by atoms with Crippen LogP contribution in [0, 0.1) is 0 Å². The predicted molar refractivity (Wildman–Crippen MR) is 130 cm³/mol. The summed E-state index contributed by atoms with van der Waals surface area (Å²) in [7, 11) is -3.70. The molecular weight excluding hydrogens is 458 g/mol. The van der Waals surface area contributed by atoms with Gasteiger partial charge in [-0.25, -0.2) is 13.2 Å². The first-order chi connectivity index (χ1) is 15.7. The predicted octanol–water partition coefficient (Wildman–Crippen LogP) is 5.09. The van der Waals surface area contributed by atoms with Crippen LogP contribution >= 0.6 is 12.2 Å². The van der Waals surface area contributed by atoms with E-state index in [1.807, 2.05) is 36.4 Å². The van der Waals surface area contributed by atoms with Crippen LogP contribution < -0.4 is 4.74 Å². The van der Waals surface area contributed by atoms with Crippen LogP contribution in [0.5, 0.6) is 11.5 Å². The summed E-state index contributed by atoms with van der Waals surface area (Å²) >= 11 is 5.59. The van der Waals surface area contributed by atoms with Gasteiger partial charge in [-0.15, -0.1) is 0 Å². The van der Waals surface area contributed by atoms with Crippen molar-refractivity contribution in [2.45, 2.75) is 11.3 Å². The molecular formula is C25H19NO5S2. The Hall–Kier alpha value is -3.62. The van der Waals surface area contributed by atoms with Gasteiger partial charge in [0.15, 0.2) is 9.84 Å². The van der Waals surface area contributed by atoms with Gasteiger partial charge in [0.25, 0.3) is 0 Å². The molecule has 4 aromatic rings. The van der Waals surface area contributed by atoms with Crippen LogP contribution in [-0.4, -0.2) is 35.6 Å². The second kappa shape index (κ2) is 9.09. The molecule has 1 aromatic heterocycles. The SMILES string of the molecule is CS(=O)(=O)c1cc(C(=O)O)ccc1Oc1ccc(C(=S)Cc2ccc3ccccc3n2)cc1. The smallest absolute Gasteiger partial charge is 0.335 e. The number of fused-ring (bicyclic) bond motifs is 1. The third-order valence-electron chi connectivity index (χ3n) is 4.99. The topological polar surface area (TPSA) is 93.6 Å². The van der Waals surface area contributed by atoms with Gasteiger partial charge in [0.2, 0.25) is 0 Å². The lowest BCUT2D eigenvalue weighted by molar-refractivity contribution is 0.0696. The van der Waals surface area contributed by atoms with E-state index in [0.29, 0.717) is 17.0 Å². The van der Waals surface area contributed by atoms with Crippen molar-refractivity contribution >= 4 is 43.8 Å². The van der Waals surface area contributed by atoms with Crippen molar-refractivity contribution < 1.29 is 23.1 Å². The van der Waals surface area contributed by atoms with Crippen molar-refractivity contribution in [1.82, 2.24) is 4.98 Å². The van der Waals surface area contributed by atoms with Crippen LogP contribution in [0.3, 0.4) is 0 Å². The fourth-order valence-electron chi connectivity index (χ4n) is 3.32. The largest absolute Gasteiger partial charge is 0.478 e.